The van der Waals surface area contributed by atoms with Crippen LogP contribution in [0.4, 0.5) is 0 Å². The molecule has 0 spiro atoms. The van der Waals surface area contributed by atoms with E-state index in [1.54, 1.807) is 0 Å². The maximum atomic E-state index is 4.30. The molecule has 2 rings (SSSR count). The Kier molecular flexibility index (Phi) is 1.69. The summed E-state index contributed by atoms with van der Waals surface area (Å²) >= 11 is 7.74. The third kappa shape index (κ3) is 1.08. The molecule has 1 aromatic heterocycles. The van der Waals surface area contributed by atoms with Gasteiger partial charge in [-0.15, -0.1) is 12.6 Å². The topological polar surface area (TPSA) is 15.8 Å². The van der Waals surface area contributed by atoms with E-state index in [2.05, 4.69) is 33.5 Å². The van der Waals surface area contributed by atoms with Crippen LogP contribution in [-0.2, 0) is 0 Å². The van der Waals surface area contributed by atoms with Crippen molar-refractivity contribution in [1.29, 1.82) is 0 Å². The molecule has 0 fully saturated rings. The third-order valence-electron chi connectivity index (χ3n) is 1.64. The minimum Gasteiger partial charge on any atom is -0.359 e. The van der Waals surface area contributed by atoms with Crippen molar-refractivity contribution < 1.29 is 0 Å². The number of hydrogen-bond acceptors (Lipinski definition) is 1. The van der Waals surface area contributed by atoms with E-state index >= 15 is 0 Å². The van der Waals surface area contributed by atoms with Crippen LogP contribution in [0.25, 0.3) is 10.9 Å². The van der Waals surface area contributed by atoms with Crippen molar-refractivity contribution in [3.63, 3.8) is 0 Å². The number of thiol groups is 1. The Morgan fingerprint density at radius 3 is 2.91 bits per heavy atom. The zero-order valence-electron chi connectivity index (χ0n) is 5.63. The van der Waals surface area contributed by atoms with Crippen molar-refractivity contribution in [3.05, 3.63) is 28.9 Å². The molecule has 2 aromatic rings. The second-order valence-corrected chi connectivity index (χ2v) is 3.67. The fraction of sp³-hybridized carbons (Fsp3) is 0. The molecule has 1 aromatic carbocycles. The lowest BCUT2D eigenvalue weighted by Crippen LogP contribution is -1.68. The summed E-state index contributed by atoms with van der Waals surface area (Å²) in [6.45, 7) is 0. The third-order valence-corrected chi connectivity index (χ3v) is 2.67. The number of hydrogen-bond donors (Lipinski definition) is 2. The van der Waals surface area contributed by atoms with Gasteiger partial charge in [-0.05, 0) is 22.0 Å². The van der Waals surface area contributed by atoms with E-state index < -0.39 is 0 Å². The molecular weight excluding hydrogens is 222 g/mol. The first-order valence-electron chi connectivity index (χ1n) is 3.23. The predicted octanol–water partition coefficient (Wildman–Crippen LogP) is 3.22. The minimum absolute atomic E-state index is 0.987. The van der Waals surface area contributed by atoms with Gasteiger partial charge in [0.1, 0.15) is 0 Å². The largest absolute Gasteiger partial charge is 0.359 e. The van der Waals surface area contributed by atoms with Crippen molar-refractivity contribution in [3.8, 4) is 0 Å². The van der Waals surface area contributed by atoms with E-state index in [1.165, 1.54) is 0 Å². The number of para-hydroxylation sites is 1. The average Bonchev–Trinajstić information content (AvgIpc) is 2.35. The van der Waals surface area contributed by atoms with Crippen molar-refractivity contribution in [2.75, 3.05) is 0 Å². The van der Waals surface area contributed by atoms with Crippen LogP contribution >= 0.6 is 28.6 Å². The van der Waals surface area contributed by atoms with Crippen LogP contribution in [0.2, 0.25) is 0 Å². The normalized spacial score (nSPS) is 10.7. The van der Waals surface area contributed by atoms with E-state index in [0.717, 1.165) is 20.3 Å². The van der Waals surface area contributed by atoms with Gasteiger partial charge in [0, 0.05) is 21.0 Å². The molecule has 1 N–H and O–H groups in total. The Labute approximate surface area is 78.3 Å². The molecule has 0 amide bonds. The van der Waals surface area contributed by atoms with Crippen LogP contribution in [0.3, 0.4) is 0 Å². The number of benzene rings is 1. The first kappa shape index (κ1) is 7.25. The summed E-state index contributed by atoms with van der Waals surface area (Å²) in [5.41, 5.74) is 1.11. The van der Waals surface area contributed by atoms with Crippen LogP contribution in [-0.4, -0.2) is 4.98 Å². The highest BCUT2D eigenvalue weighted by Gasteiger charge is 2.01. The number of H-pyrrole nitrogens is 1. The summed E-state index contributed by atoms with van der Waals surface area (Å²) in [6.07, 6.45) is 1.89. The molecule has 0 aliphatic heterocycles. The molecule has 0 unspecified atom stereocenters. The molecule has 0 aliphatic carbocycles. The quantitative estimate of drug-likeness (QED) is 0.644. The van der Waals surface area contributed by atoms with Crippen molar-refractivity contribution in [1.82, 2.24) is 4.98 Å². The zero-order valence-corrected chi connectivity index (χ0v) is 8.12. The molecule has 0 bridgehead atoms. The molecule has 0 radical (unpaired) electrons. The highest BCUT2D eigenvalue weighted by molar-refractivity contribution is 9.10. The summed E-state index contributed by atoms with van der Waals surface area (Å²) in [7, 11) is 0. The summed E-state index contributed by atoms with van der Waals surface area (Å²) < 4.78 is 1.08. The van der Waals surface area contributed by atoms with Gasteiger partial charge in [0.2, 0.25) is 0 Å². The molecule has 0 atom stereocenters. The molecule has 0 aliphatic rings. The van der Waals surface area contributed by atoms with Gasteiger partial charge in [0.15, 0.2) is 0 Å². The van der Waals surface area contributed by atoms with E-state index in [9.17, 15) is 0 Å². The van der Waals surface area contributed by atoms with E-state index in [4.69, 9.17) is 0 Å². The van der Waals surface area contributed by atoms with Gasteiger partial charge in [0.25, 0.3) is 0 Å². The molecular formula is C8H6BrNS. The summed E-state index contributed by atoms with van der Waals surface area (Å²) in [4.78, 5) is 4.12. The van der Waals surface area contributed by atoms with E-state index in [-0.39, 0.29) is 0 Å². The first-order chi connectivity index (χ1) is 5.29. The fourth-order valence-corrected chi connectivity index (χ4v) is 1.83. The Balaban J connectivity index is 2.94. The molecule has 1 nitrogen and oxygen atoms in total. The Morgan fingerprint density at radius 1 is 1.36 bits per heavy atom. The van der Waals surface area contributed by atoms with Crippen LogP contribution < -0.4 is 0 Å². The van der Waals surface area contributed by atoms with Crippen molar-refractivity contribution in [2.24, 2.45) is 0 Å². The highest BCUT2D eigenvalue weighted by atomic mass is 79.9. The standard InChI is InChI=1S/C8H6BrNS/c9-6-3-1-2-5-7(11)4-10-8(5)6/h1-4,10-11H. The predicted molar refractivity (Wildman–Crippen MR) is 53.3 cm³/mol. The molecule has 0 saturated carbocycles. The van der Waals surface area contributed by atoms with Gasteiger partial charge in [-0.25, -0.2) is 0 Å². The number of aromatic amines is 1. The summed E-state index contributed by atoms with van der Waals surface area (Å²) in [5, 5.41) is 1.16. The Morgan fingerprint density at radius 2 is 2.18 bits per heavy atom. The van der Waals surface area contributed by atoms with Gasteiger partial charge in [-0.3, -0.25) is 0 Å². The maximum Gasteiger partial charge on any atom is 0.0609 e. The monoisotopic (exact) mass is 227 g/mol. The number of nitrogens with one attached hydrogen (secondary N) is 1. The number of fused-ring (bicyclic) bond motifs is 1. The molecule has 1 heterocycles. The van der Waals surface area contributed by atoms with E-state index in [0.29, 0.717) is 0 Å². The SMILES string of the molecule is Sc1c[nH]c2c(Br)cccc12. The van der Waals surface area contributed by atoms with Gasteiger partial charge in [-0.1, -0.05) is 12.1 Å². The summed E-state index contributed by atoms with van der Waals surface area (Å²) in [6, 6.07) is 6.05. The second kappa shape index (κ2) is 2.57. The van der Waals surface area contributed by atoms with Crippen LogP contribution in [0, 0.1) is 0 Å². The lowest BCUT2D eigenvalue weighted by molar-refractivity contribution is 1.42. The molecule has 3 heteroatoms. The Bertz CT molecular complexity index is 394. The number of halogens is 1. The van der Waals surface area contributed by atoms with Crippen molar-refractivity contribution >= 4 is 39.5 Å². The molecule has 11 heavy (non-hydrogen) atoms. The van der Waals surface area contributed by atoms with Crippen molar-refractivity contribution in [2.45, 2.75) is 4.90 Å². The van der Waals surface area contributed by atoms with Gasteiger partial charge < -0.3 is 4.98 Å². The number of rotatable bonds is 0. The summed E-state index contributed by atoms with van der Waals surface area (Å²) in [5.74, 6) is 0. The van der Waals surface area contributed by atoms with Gasteiger partial charge in [-0.2, -0.15) is 0 Å². The number of aromatic nitrogens is 1. The zero-order chi connectivity index (χ0) is 7.84. The van der Waals surface area contributed by atoms with Crippen LogP contribution in [0.5, 0.6) is 0 Å². The van der Waals surface area contributed by atoms with E-state index in [1.807, 2.05) is 24.4 Å². The van der Waals surface area contributed by atoms with Gasteiger partial charge in [0.05, 0.1) is 5.52 Å². The molecule has 0 saturated heterocycles. The lowest BCUT2D eigenvalue weighted by Gasteiger charge is -1.92. The highest BCUT2D eigenvalue weighted by Crippen LogP contribution is 2.26. The first-order valence-corrected chi connectivity index (χ1v) is 4.47. The Hall–Kier alpha value is -0.410. The minimum atomic E-state index is 0.987. The average molecular weight is 228 g/mol. The smallest absolute Gasteiger partial charge is 0.0609 e. The lowest BCUT2D eigenvalue weighted by atomic mass is 10.2. The maximum absolute atomic E-state index is 4.30. The second-order valence-electron chi connectivity index (χ2n) is 2.34. The van der Waals surface area contributed by atoms with Crippen LogP contribution in [0.1, 0.15) is 0 Å². The molecule has 56 valence electrons. The fourth-order valence-electron chi connectivity index (χ4n) is 1.10. The van der Waals surface area contributed by atoms with Gasteiger partial charge >= 0.3 is 0 Å². The van der Waals surface area contributed by atoms with Crippen LogP contribution in [0.15, 0.2) is 33.8 Å².